The molecule has 0 spiro atoms. The summed E-state index contributed by atoms with van der Waals surface area (Å²) in [6.45, 7) is 4.39. The minimum atomic E-state index is -0.107. The number of aryl methyl sites for hydroxylation is 1. The molecule has 4 atom stereocenters. The van der Waals surface area contributed by atoms with Gasteiger partial charge in [-0.05, 0) is 18.8 Å². The number of hydrogen-bond acceptors (Lipinski definition) is 4. The Labute approximate surface area is 176 Å². The molecule has 2 aliphatic heterocycles. The van der Waals surface area contributed by atoms with Gasteiger partial charge < -0.3 is 19.5 Å². The highest BCUT2D eigenvalue weighted by molar-refractivity contribution is 6.01. The molecule has 1 aliphatic carbocycles. The van der Waals surface area contributed by atoms with Crippen molar-refractivity contribution in [3.05, 3.63) is 30.4 Å². The van der Waals surface area contributed by atoms with Gasteiger partial charge in [0, 0.05) is 62.3 Å². The number of carbonyl (C=O) groups excluding carboxylic acids is 2. The van der Waals surface area contributed by atoms with Crippen molar-refractivity contribution in [1.29, 1.82) is 0 Å². The predicted octanol–water partition coefficient (Wildman–Crippen LogP) is 1.90. The SMILES string of the molecule is C[C@@H]1CCC[C@H]1C(=O)N1CCO[C@@H]2CN(C(=O)c3c[nH]cc3-c3cnn(C)c3)C[C@@H]21. The third-order valence-electron chi connectivity index (χ3n) is 7.04. The zero-order chi connectivity index (χ0) is 20.8. The lowest BCUT2D eigenvalue weighted by molar-refractivity contribution is -0.148. The summed E-state index contributed by atoms with van der Waals surface area (Å²) >= 11 is 0. The number of likely N-dealkylation sites (tertiary alicyclic amines) is 1. The Bertz CT molecular complexity index is 950. The summed E-state index contributed by atoms with van der Waals surface area (Å²) < 4.78 is 7.70. The number of H-pyrrole nitrogens is 1. The standard InChI is InChI=1S/C22H29N5O3/c1-14-4-3-5-16(14)22(29)27-6-7-30-20-13-26(12-19(20)27)21(28)18-10-23-9-17(18)15-8-24-25(2)11-15/h8-11,14,16,19-20,23H,3-7,12-13H2,1-2H3/t14-,16-,19+,20-/m1/s1. The van der Waals surface area contributed by atoms with Gasteiger partial charge in [-0.1, -0.05) is 13.3 Å². The minimum Gasteiger partial charge on any atom is -0.372 e. The lowest BCUT2D eigenvalue weighted by Gasteiger charge is -2.38. The van der Waals surface area contributed by atoms with E-state index in [2.05, 4.69) is 17.0 Å². The molecule has 2 aromatic heterocycles. The average Bonchev–Trinajstić information content (AvgIpc) is 3.52. The largest absolute Gasteiger partial charge is 0.372 e. The first-order valence-electron chi connectivity index (χ1n) is 10.9. The number of aromatic nitrogens is 3. The second-order valence-corrected chi connectivity index (χ2v) is 8.92. The summed E-state index contributed by atoms with van der Waals surface area (Å²) in [6.07, 6.45) is 10.4. The second kappa shape index (κ2) is 7.58. The van der Waals surface area contributed by atoms with Crippen molar-refractivity contribution in [2.75, 3.05) is 26.2 Å². The Morgan fingerprint density at radius 3 is 2.83 bits per heavy atom. The van der Waals surface area contributed by atoms with E-state index in [0.717, 1.165) is 30.4 Å². The summed E-state index contributed by atoms with van der Waals surface area (Å²) in [4.78, 5) is 33.5. The molecule has 3 fully saturated rings. The highest BCUT2D eigenvalue weighted by atomic mass is 16.5. The summed E-state index contributed by atoms with van der Waals surface area (Å²) in [5.41, 5.74) is 2.38. The van der Waals surface area contributed by atoms with Gasteiger partial charge in [-0.2, -0.15) is 5.10 Å². The van der Waals surface area contributed by atoms with Gasteiger partial charge in [0.1, 0.15) is 0 Å². The number of hydrogen-bond donors (Lipinski definition) is 1. The lowest BCUT2D eigenvalue weighted by atomic mass is 9.95. The number of aromatic amines is 1. The molecule has 8 nitrogen and oxygen atoms in total. The monoisotopic (exact) mass is 411 g/mol. The number of nitrogens with zero attached hydrogens (tertiary/aromatic N) is 4. The van der Waals surface area contributed by atoms with Gasteiger partial charge in [-0.3, -0.25) is 14.3 Å². The van der Waals surface area contributed by atoms with Crippen LogP contribution in [0.2, 0.25) is 0 Å². The van der Waals surface area contributed by atoms with Gasteiger partial charge >= 0.3 is 0 Å². The van der Waals surface area contributed by atoms with E-state index >= 15 is 0 Å². The highest BCUT2D eigenvalue weighted by Crippen LogP contribution is 2.35. The van der Waals surface area contributed by atoms with Crippen LogP contribution in [0.5, 0.6) is 0 Å². The maximum atomic E-state index is 13.4. The molecule has 2 aromatic rings. The van der Waals surface area contributed by atoms with Crippen molar-refractivity contribution in [3.8, 4) is 11.1 Å². The fourth-order valence-electron chi connectivity index (χ4n) is 5.36. The molecule has 3 aliphatic rings. The molecule has 8 heteroatoms. The molecule has 2 amide bonds. The predicted molar refractivity (Wildman–Crippen MR) is 111 cm³/mol. The fraction of sp³-hybridized carbons (Fsp3) is 0.591. The van der Waals surface area contributed by atoms with E-state index in [0.29, 0.717) is 37.7 Å². The van der Waals surface area contributed by atoms with Crippen LogP contribution in [0.1, 0.15) is 36.5 Å². The molecule has 0 bridgehead atoms. The summed E-state index contributed by atoms with van der Waals surface area (Å²) in [7, 11) is 1.86. The van der Waals surface area contributed by atoms with Crippen molar-refractivity contribution in [2.24, 2.45) is 18.9 Å². The lowest BCUT2D eigenvalue weighted by Crippen LogP contribution is -2.55. The normalized spacial score (nSPS) is 28.7. The van der Waals surface area contributed by atoms with E-state index in [1.165, 1.54) is 0 Å². The number of nitrogens with one attached hydrogen (secondary N) is 1. The molecule has 1 N–H and O–H groups in total. The van der Waals surface area contributed by atoms with Crippen molar-refractivity contribution in [2.45, 2.75) is 38.3 Å². The molecule has 2 saturated heterocycles. The van der Waals surface area contributed by atoms with Gasteiger partial charge in [0.15, 0.2) is 0 Å². The van der Waals surface area contributed by atoms with Crippen LogP contribution in [0.4, 0.5) is 0 Å². The third-order valence-corrected chi connectivity index (χ3v) is 7.04. The van der Waals surface area contributed by atoms with Crippen LogP contribution in [0.15, 0.2) is 24.8 Å². The molecule has 30 heavy (non-hydrogen) atoms. The molecule has 0 radical (unpaired) electrons. The van der Waals surface area contributed by atoms with E-state index in [1.54, 1.807) is 17.1 Å². The maximum Gasteiger partial charge on any atom is 0.256 e. The second-order valence-electron chi connectivity index (χ2n) is 8.92. The number of fused-ring (bicyclic) bond motifs is 1. The molecule has 5 rings (SSSR count). The quantitative estimate of drug-likeness (QED) is 0.836. The van der Waals surface area contributed by atoms with Crippen LogP contribution in [-0.2, 0) is 16.6 Å². The number of carbonyl (C=O) groups is 2. The Hall–Kier alpha value is -2.61. The Balaban J connectivity index is 1.34. The minimum absolute atomic E-state index is 0.0327. The molecule has 160 valence electrons. The highest BCUT2D eigenvalue weighted by Gasteiger charge is 2.46. The van der Waals surface area contributed by atoms with Gasteiger partial charge in [0.25, 0.3) is 5.91 Å². The zero-order valence-electron chi connectivity index (χ0n) is 17.6. The average molecular weight is 412 g/mol. The fourth-order valence-corrected chi connectivity index (χ4v) is 5.36. The maximum absolute atomic E-state index is 13.4. The first kappa shape index (κ1) is 19.4. The molecule has 0 aromatic carbocycles. The first-order valence-corrected chi connectivity index (χ1v) is 10.9. The van der Waals surface area contributed by atoms with Gasteiger partial charge in [0.2, 0.25) is 5.91 Å². The topological polar surface area (TPSA) is 83.5 Å². The Morgan fingerprint density at radius 1 is 1.23 bits per heavy atom. The van der Waals surface area contributed by atoms with E-state index in [1.807, 2.05) is 29.2 Å². The van der Waals surface area contributed by atoms with Crippen LogP contribution >= 0.6 is 0 Å². The molecule has 0 unspecified atom stereocenters. The third kappa shape index (κ3) is 3.23. The van der Waals surface area contributed by atoms with Crippen LogP contribution in [-0.4, -0.2) is 74.8 Å². The van der Waals surface area contributed by atoms with Crippen molar-refractivity contribution < 1.29 is 14.3 Å². The zero-order valence-corrected chi connectivity index (χ0v) is 17.6. The summed E-state index contributed by atoms with van der Waals surface area (Å²) in [5, 5.41) is 4.22. The van der Waals surface area contributed by atoms with E-state index in [-0.39, 0.29) is 29.9 Å². The Kier molecular flexibility index (Phi) is 4.89. The molecule has 1 saturated carbocycles. The van der Waals surface area contributed by atoms with Crippen LogP contribution in [0.25, 0.3) is 11.1 Å². The first-order chi connectivity index (χ1) is 14.5. The number of rotatable bonds is 3. The van der Waals surface area contributed by atoms with Crippen LogP contribution in [0, 0.1) is 11.8 Å². The number of amides is 2. The smallest absolute Gasteiger partial charge is 0.256 e. The van der Waals surface area contributed by atoms with Crippen molar-refractivity contribution in [3.63, 3.8) is 0 Å². The van der Waals surface area contributed by atoms with Crippen LogP contribution < -0.4 is 0 Å². The molecular weight excluding hydrogens is 382 g/mol. The molecular formula is C22H29N5O3. The van der Waals surface area contributed by atoms with E-state index in [9.17, 15) is 9.59 Å². The van der Waals surface area contributed by atoms with Gasteiger partial charge in [-0.15, -0.1) is 0 Å². The van der Waals surface area contributed by atoms with E-state index in [4.69, 9.17) is 4.74 Å². The summed E-state index contributed by atoms with van der Waals surface area (Å²) in [5.74, 6) is 0.787. The van der Waals surface area contributed by atoms with E-state index < -0.39 is 0 Å². The van der Waals surface area contributed by atoms with Gasteiger partial charge in [-0.25, -0.2) is 0 Å². The molecule has 4 heterocycles. The van der Waals surface area contributed by atoms with Crippen molar-refractivity contribution >= 4 is 11.8 Å². The van der Waals surface area contributed by atoms with Crippen LogP contribution in [0.3, 0.4) is 0 Å². The summed E-state index contributed by atoms with van der Waals surface area (Å²) in [6, 6.07) is -0.0521. The number of ether oxygens (including phenoxy) is 1. The Morgan fingerprint density at radius 2 is 2.10 bits per heavy atom. The van der Waals surface area contributed by atoms with Crippen molar-refractivity contribution in [1.82, 2.24) is 24.6 Å². The van der Waals surface area contributed by atoms with Gasteiger partial charge in [0.05, 0.1) is 30.5 Å². The number of morpholine rings is 1.